The van der Waals surface area contributed by atoms with Gasteiger partial charge in [0.15, 0.2) is 17.2 Å². The molecule has 0 N–H and O–H groups in total. The highest BCUT2D eigenvalue weighted by molar-refractivity contribution is 5.94. The van der Waals surface area contributed by atoms with Crippen molar-refractivity contribution in [3.63, 3.8) is 0 Å². The third kappa shape index (κ3) is 4.99. The van der Waals surface area contributed by atoms with Gasteiger partial charge in [-0.2, -0.15) is 28.6 Å². The second-order valence-electron chi connectivity index (χ2n) is 11.3. The maximum Gasteiger partial charge on any atom is 0.436 e. The van der Waals surface area contributed by atoms with Gasteiger partial charge >= 0.3 is 6.18 Å². The number of likely N-dealkylation sites (tertiary alicyclic amines) is 2. The number of hydrogen-bond acceptors (Lipinski definition) is 8. The van der Waals surface area contributed by atoms with Crippen molar-refractivity contribution in [2.24, 2.45) is 0 Å². The van der Waals surface area contributed by atoms with Crippen molar-refractivity contribution < 1.29 is 22.4 Å². The first-order valence-corrected chi connectivity index (χ1v) is 13.9. The van der Waals surface area contributed by atoms with Crippen LogP contribution in [-0.4, -0.2) is 82.4 Å². The maximum absolute atomic E-state index is 14.5. The molecule has 2 saturated heterocycles. The standard InChI is InChI=1S/C28H28F4N10O/c1-17(2)42-25-21(12-38-42)23(35-16-36-25)18-11-37-41(13-18)27(6-7-33)14-40(15-27)19-4-9-39(10-5-19)26(43)20-3-8-34-24(22(20)29)28(30,31)32/h3,8,11-13,16-17,19H,4-6,9-10,14-15H2,1-2H3. The van der Waals surface area contributed by atoms with Crippen LogP contribution < -0.4 is 0 Å². The number of carbonyl (C=O) groups excluding carboxylic acids is 1. The molecule has 6 heterocycles. The van der Waals surface area contributed by atoms with E-state index in [1.807, 2.05) is 29.4 Å². The van der Waals surface area contributed by atoms with Crippen molar-refractivity contribution >= 4 is 16.9 Å². The lowest BCUT2D eigenvalue weighted by Crippen LogP contribution is -2.66. The molecule has 43 heavy (non-hydrogen) atoms. The number of rotatable bonds is 6. The summed E-state index contributed by atoms with van der Waals surface area (Å²) in [7, 11) is 0. The van der Waals surface area contributed by atoms with E-state index in [-0.39, 0.29) is 31.6 Å². The lowest BCUT2D eigenvalue weighted by atomic mass is 9.83. The summed E-state index contributed by atoms with van der Waals surface area (Å²) in [4.78, 5) is 28.4. The van der Waals surface area contributed by atoms with Gasteiger partial charge in [0.1, 0.15) is 11.9 Å². The molecule has 0 aromatic carbocycles. The van der Waals surface area contributed by atoms with Crippen molar-refractivity contribution in [3.05, 3.63) is 54.3 Å². The van der Waals surface area contributed by atoms with E-state index in [0.29, 0.717) is 31.6 Å². The Hall–Kier alpha value is -4.45. The molecule has 4 aromatic rings. The Bertz CT molecular complexity index is 1710. The second-order valence-corrected chi connectivity index (χ2v) is 11.3. The van der Waals surface area contributed by atoms with Crippen LogP contribution in [0.3, 0.4) is 0 Å². The number of fused-ring (bicyclic) bond motifs is 1. The lowest BCUT2D eigenvalue weighted by molar-refractivity contribution is -0.143. The van der Waals surface area contributed by atoms with Crippen LogP contribution in [0.1, 0.15) is 55.2 Å². The fourth-order valence-electron chi connectivity index (χ4n) is 6.04. The molecule has 1 amide bonds. The Morgan fingerprint density at radius 1 is 1.14 bits per heavy atom. The molecule has 2 fully saturated rings. The quantitative estimate of drug-likeness (QED) is 0.306. The summed E-state index contributed by atoms with van der Waals surface area (Å²) in [5.41, 5.74) is -0.648. The van der Waals surface area contributed by atoms with Crippen molar-refractivity contribution in [2.75, 3.05) is 26.2 Å². The zero-order valence-corrected chi connectivity index (χ0v) is 23.5. The maximum atomic E-state index is 14.5. The molecule has 6 rings (SSSR count). The normalized spacial score (nSPS) is 17.8. The number of nitrogens with zero attached hydrogens (tertiary/aromatic N) is 10. The van der Waals surface area contributed by atoms with Gasteiger partial charge in [-0.05, 0) is 32.8 Å². The molecular formula is C28H28F4N10O. The number of piperidine rings is 1. The smallest absolute Gasteiger partial charge is 0.338 e. The molecule has 0 atom stereocenters. The van der Waals surface area contributed by atoms with Gasteiger partial charge in [0.2, 0.25) is 0 Å². The van der Waals surface area contributed by atoms with Crippen LogP contribution in [0.2, 0.25) is 0 Å². The van der Waals surface area contributed by atoms with Gasteiger partial charge in [-0.25, -0.2) is 24.0 Å². The summed E-state index contributed by atoms with van der Waals surface area (Å²) < 4.78 is 57.4. The van der Waals surface area contributed by atoms with Crippen LogP contribution in [0.15, 0.2) is 37.2 Å². The van der Waals surface area contributed by atoms with Crippen LogP contribution >= 0.6 is 0 Å². The number of hydrogen-bond donors (Lipinski definition) is 0. The van der Waals surface area contributed by atoms with Crippen LogP contribution in [0, 0.1) is 17.1 Å². The van der Waals surface area contributed by atoms with E-state index in [4.69, 9.17) is 0 Å². The van der Waals surface area contributed by atoms with Gasteiger partial charge in [0, 0.05) is 56.2 Å². The Balaban J connectivity index is 1.13. The Morgan fingerprint density at radius 3 is 2.56 bits per heavy atom. The largest absolute Gasteiger partial charge is 0.436 e. The van der Waals surface area contributed by atoms with Gasteiger partial charge in [-0.1, -0.05) is 0 Å². The van der Waals surface area contributed by atoms with E-state index in [9.17, 15) is 27.6 Å². The van der Waals surface area contributed by atoms with E-state index < -0.39 is 34.7 Å². The third-order valence-electron chi connectivity index (χ3n) is 8.28. The molecule has 0 spiro atoms. The predicted octanol–water partition coefficient (Wildman–Crippen LogP) is 4.05. The first-order chi connectivity index (χ1) is 20.5. The second kappa shape index (κ2) is 10.7. The van der Waals surface area contributed by atoms with E-state index in [1.165, 1.54) is 11.2 Å². The van der Waals surface area contributed by atoms with Crippen LogP contribution in [0.5, 0.6) is 0 Å². The minimum Gasteiger partial charge on any atom is -0.338 e. The molecule has 224 valence electrons. The van der Waals surface area contributed by atoms with E-state index in [0.717, 1.165) is 28.9 Å². The van der Waals surface area contributed by atoms with Crippen LogP contribution in [-0.2, 0) is 11.7 Å². The number of aromatic nitrogens is 7. The Labute approximate surface area is 243 Å². The van der Waals surface area contributed by atoms with Crippen molar-refractivity contribution in [1.29, 1.82) is 5.26 Å². The first kappa shape index (κ1) is 28.7. The predicted molar refractivity (Wildman–Crippen MR) is 145 cm³/mol. The highest BCUT2D eigenvalue weighted by Gasteiger charge is 2.48. The van der Waals surface area contributed by atoms with Gasteiger partial charge < -0.3 is 4.90 Å². The van der Waals surface area contributed by atoms with Crippen LogP contribution in [0.25, 0.3) is 22.3 Å². The Morgan fingerprint density at radius 2 is 1.88 bits per heavy atom. The number of carbonyl (C=O) groups is 1. The SMILES string of the molecule is CC(C)n1ncc2c(-c3cnn(C4(CC#N)CN(C5CCN(C(=O)c6ccnc(C(F)(F)F)c6F)CC5)C4)c3)ncnc21. The van der Waals surface area contributed by atoms with Crippen LogP contribution in [0.4, 0.5) is 17.6 Å². The number of nitriles is 1. The van der Waals surface area contributed by atoms with Gasteiger partial charge in [0.05, 0.1) is 41.5 Å². The van der Waals surface area contributed by atoms with Crippen molar-refractivity contribution in [1.82, 2.24) is 44.3 Å². The molecule has 0 radical (unpaired) electrons. The van der Waals surface area contributed by atoms with E-state index >= 15 is 0 Å². The zero-order chi connectivity index (χ0) is 30.5. The molecule has 15 heteroatoms. The summed E-state index contributed by atoms with van der Waals surface area (Å²) in [6.45, 7) is 5.73. The minimum absolute atomic E-state index is 0.0993. The fraction of sp³-hybridized carbons (Fsp3) is 0.464. The fourth-order valence-corrected chi connectivity index (χ4v) is 6.04. The van der Waals surface area contributed by atoms with Gasteiger partial charge in [0.25, 0.3) is 5.91 Å². The van der Waals surface area contributed by atoms with Gasteiger partial charge in [-0.15, -0.1) is 0 Å². The summed E-state index contributed by atoms with van der Waals surface area (Å²) in [6.07, 6.45) is 4.05. The number of halogens is 4. The molecule has 0 aliphatic carbocycles. The Kier molecular flexibility index (Phi) is 7.11. The van der Waals surface area contributed by atoms with Gasteiger partial charge in [-0.3, -0.25) is 14.4 Å². The molecule has 2 aliphatic heterocycles. The molecule has 0 unspecified atom stereocenters. The number of amides is 1. The molecular weight excluding hydrogens is 568 g/mol. The first-order valence-electron chi connectivity index (χ1n) is 13.9. The topological polar surface area (TPSA) is 122 Å². The molecule has 0 saturated carbocycles. The number of pyridine rings is 1. The number of alkyl halides is 3. The van der Waals surface area contributed by atoms with E-state index in [2.05, 4.69) is 36.1 Å². The average Bonchev–Trinajstić information content (AvgIpc) is 3.62. The van der Waals surface area contributed by atoms with Crippen molar-refractivity contribution in [3.8, 4) is 17.3 Å². The molecule has 2 aliphatic rings. The highest BCUT2D eigenvalue weighted by Crippen LogP contribution is 2.38. The summed E-state index contributed by atoms with van der Waals surface area (Å²) >= 11 is 0. The highest BCUT2D eigenvalue weighted by atomic mass is 19.4. The molecule has 4 aromatic heterocycles. The summed E-state index contributed by atoms with van der Waals surface area (Å²) in [5.74, 6) is -2.44. The zero-order valence-electron chi connectivity index (χ0n) is 23.5. The average molecular weight is 597 g/mol. The third-order valence-corrected chi connectivity index (χ3v) is 8.28. The monoisotopic (exact) mass is 596 g/mol. The molecule has 0 bridgehead atoms. The summed E-state index contributed by atoms with van der Waals surface area (Å²) in [5, 5.41) is 19.5. The lowest BCUT2D eigenvalue weighted by Gasteiger charge is -2.53. The van der Waals surface area contributed by atoms with Crippen molar-refractivity contribution in [2.45, 2.75) is 56.9 Å². The van der Waals surface area contributed by atoms with E-state index in [1.54, 1.807) is 12.4 Å². The summed E-state index contributed by atoms with van der Waals surface area (Å²) in [6, 6.07) is 3.50. The molecule has 11 nitrogen and oxygen atoms in total. The minimum atomic E-state index is -4.99.